The molecule has 5 rings (SSSR count). The van der Waals surface area contributed by atoms with Crippen molar-refractivity contribution in [2.24, 2.45) is 0 Å². The van der Waals surface area contributed by atoms with Gasteiger partial charge in [-0.3, -0.25) is 9.69 Å². The largest absolute Gasteiger partial charge is 0.463 e. The number of rotatable bonds is 3. The Balaban J connectivity index is 1.38. The van der Waals surface area contributed by atoms with Gasteiger partial charge in [0.25, 0.3) is 0 Å². The fraction of sp³-hybridized carbons (Fsp3) is 0.174. The molecule has 0 radical (unpaired) electrons. The van der Waals surface area contributed by atoms with Crippen molar-refractivity contribution in [2.75, 3.05) is 6.54 Å². The lowest BCUT2D eigenvalue weighted by Crippen LogP contribution is -2.32. The van der Waals surface area contributed by atoms with Crippen molar-refractivity contribution in [2.45, 2.75) is 19.5 Å². The van der Waals surface area contributed by atoms with Gasteiger partial charge in [-0.1, -0.05) is 27.5 Å². The third kappa shape index (κ3) is 4.20. The fourth-order valence-corrected chi connectivity index (χ4v) is 5.25. The fourth-order valence-electron chi connectivity index (χ4n) is 3.80. The van der Waals surface area contributed by atoms with E-state index in [-0.39, 0.29) is 5.43 Å². The molecule has 1 aliphatic rings. The van der Waals surface area contributed by atoms with Crippen LogP contribution in [0.2, 0.25) is 5.02 Å². The molecule has 4 aromatic rings. The van der Waals surface area contributed by atoms with Crippen LogP contribution in [0.1, 0.15) is 16.8 Å². The number of nitrogens with zero attached hydrogens (tertiary/aromatic N) is 3. The Bertz CT molecular complexity index is 1360. The lowest BCUT2D eigenvalue weighted by Gasteiger charge is -2.27. The van der Waals surface area contributed by atoms with E-state index in [2.05, 4.69) is 41.7 Å². The van der Waals surface area contributed by atoms with Gasteiger partial charge in [0.05, 0.1) is 21.8 Å². The summed E-state index contributed by atoms with van der Waals surface area (Å²) in [6.45, 7) is 2.01. The van der Waals surface area contributed by atoms with Crippen LogP contribution in [-0.4, -0.2) is 21.4 Å². The van der Waals surface area contributed by atoms with Gasteiger partial charge in [0, 0.05) is 58.4 Å². The van der Waals surface area contributed by atoms with E-state index >= 15 is 0 Å². The first-order valence-electron chi connectivity index (χ1n) is 9.70. The van der Waals surface area contributed by atoms with Gasteiger partial charge in [0.15, 0.2) is 16.8 Å². The van der Waals surface area contributed by atoms with E-state index in [4.69, 9.17) is 21.0 Å². The van der Waals surface area contributed by atoms with Crippen LogP contribution in [0.5, 0.6) is 0 Å². The summed E-state index contributed by atoms with van der Waals surface area (Å²) in [5.41, 5.74) is 4.27. The summed E-state index contributed by atoms with van der Waals surface area (Å²) in [5, 5.41) is 1.25. The summed E-state index contributed by atoms with van der Waals surface area (Å²) in [7, 11) is 0. The molecular formula is C23H16Br2ClN3O2. The average Bonchev–Trinajstić information content (AvgIpc) is 2.76. The van der Waals surface area contributed by atoms with Gasteiger partial charge in [0.2, 0.25) is 0 Å². The van der Waals surface area contributed by atoms with E-state index < -0.39 is 0 Å². The summed E-state index contributed by atoms with van der Waals surface area (Å²) in [4.78, 5) is 24.5. The van der Waals surface area contributed by atoms with E-state index in [1.54, 1.807) is 12.3 Å². The number of hydrogen-bond donors (Lipinski definition) is 0. The Morgan fingerprint density at radius 2 is 1.97 bits per heavy atom. The van der Waals surface area contributed by atoms with Gasteiger partial charge in [-0.2, -0.15) is 0 Å². The topological polar surface area (TPSA) is 59.2 Å². The predicted octanol–water partition coefficient (Wildman–Crippen LogP) is 5.99. The SMILES string of the molecule is O=c1c(CN2CCc3nc(-c4ccc(Cl)cc4)ncc3C2)coc2c(Br)cc(Br)cc12. The smallest absolute Gasteiger partial charge is 0.197 e. The Hall–Kier alpha value is -2.06. The zero-order valence-electron chi connectivity index (χ0n) is 16.2. The first-order chi connectivity index (χ1) is 15.0. The van der Waals surface area contributed by atoms with Crippen LogP contribution >= 0.6 is 43.5 Å². The van der Waals surface area contributed by atoms with E-state index in [1.807, 2.05) is 36.5 Å². The maximum absolute atomic E-state index is 13.0. The minimum Gasteiger partial charge on any atom is -0.463 e. The molecule has 8 heteroatoms. The maximum atomic E-state index is 13.0. The number of halogens is 3. The van der Waals surface area contributed by atoms with Crippen molar-refractivity contribution >= 4 is 54.4 Å². The minimum atomic E-state index is -0.0108. The lowest BCUT2D eigenvalue weighted by molar-refractivity contribution is 0.240. The first kappa shape index (κ1) is 20.8. The first-order valence-corrected chi connectivity index (χ1v) is 11.7. The normalized spacial score (nSPS) is 14.0. The number of aromatic nitrogens is 2. The van der Waals surface area contributed by atoms with Gasteiger partial charge < -0.3 is 4.42 Å². The van der Waals surface area contributed by atoms with Crippen LogP contribution in [0.25, 0.3) is 22.4 Å². The molecular weight excluding hydrogens is 546 g/mol. The number of benzene rings is 2. The molecule has 0 unspecified atom stereocenters. The van der Waals surface area contributed by atoms with Crippen molar-refractivity contribution in [3.8, 4) is 11.4 Å². The summed E-state index contributed by atoms with van der Waals surface area (Å²) in [5.74, 6) is 0.704. The molecule has 2 aromatic heterocycles. The van der Waals surface area contributed by atoms with Gasteiger partial charge in [0.1, 0.15) is 0 Å². The number of fused-ring (bicyclic) bond motifs is 2. The van der Waals surface area contributed by atoms with Crippen molar-refractivity contribution in [3.05, 3.63) is 89.9 Å². The van der Waals surface area contributed by atoms with Crippen molar-refractivity contribution in [1.82, 2.24) is 14.9 Å². The second kappa shape index (κ2) is 8.47. The van der Waals surface area contributed by atoms with Crippen LogP contribution in [0.15, 0.2) is 67.0 Å². The van der Waals surface area contributed by atoms with Gasteiger partial charge in [-0.25, -0.2) is 9.97 Å². The molecule has 31 heavy (non-hydrogen) atoms. The van der Waals surface area contributed by atoms with Gasteiger partial charge >= 0.3 is 0 Å². The monoisotopic (exact) mass is 559 g/mol. The van der Waals surface area contributed by atoms with Crippen molar-refractivity contribution in [3.63, 3.8) is 0 Å². The Labute approximate surface area is 200 Å². The van der Waals surface area contributed by atoms with Crippen LogP contribution in [0, 0.1) is 0 Å². The summed E-state index contributed by atoms with van der Waals surface area (Å²) in [6.07, 6.45) is 4.25. The zero-order chi connectivity index (χ0) is 21.5. The molecule has 0 spiro atoms. The van der Waals surface area contributed by atoms with Crippen molar-refractivity contribution < 1.29 is 4.42 Å². The Kier molecular flexibility index (Phi) is 5.69. The molecule has 156 valence electrons. The quantitative estimate of drug-likeness (QED) is 0.308. The predicted molar refractivity (Wildman–Crippen MR) is 128 cm³/mol. The summed E-state index contributed by atoms with van der Waals surface area (Å²) >= 11 is 12.9. The second-order valence-corrected chi connectivity index (χ2v) is 9.69. The lowest BCUT2D eigenvalue weighted by atomic mass is 10.1. The highest BCUT2D eigenvalue weighted by Crippen LogP contribution is 2.28. The van der Waals surface area contributed by atoms with Gasteiger partial charge in [-0.05, 0) is 52.3 Å². The number of hydrogen-bond acceptors (Lipinski definition) is 5. The third-order valence-electron chi connectivity index (χ3n) is 5.37. The molecule has 0 fully saturated rings. The molecule has 0 aliphatic carbocycles. The molecule has 0 saturated heterocycles. The maximum Gasteiger partial charge on any atom is 0.197 e. The van der Waals surface area contributed by atoms with Crippen LogP contribution in [0.4, 0.5) is 0 Å². The van der Waals surface area contributed by atoms with E-state index in [0.29, 0.717) is 40.5 Å². The van der Waals surface area contributed by atoms with Crippen LogP contribution in [0.3, 0.4) is 0 Å². The van der Waals surface area contributed by atoms with E-state index in [9.17, 15) is 4.79 Å². The molecule has 1 aliphatic heterocycles. The van der Waals surface area contributed by atoms with E-state index in [0.717, 1.165) is 38.7 Å². The average molecular weight is 562 g/mol. The molecule has 2 aromatic carbocycles. The Morgan fingerprint density at radius 3 is 2.77 bits per heavy atom. The highest BCUT2D eigenvalue weighted by Gasteiger charge is 2.21. The molecule has 3 heterocycles. The third-order valence-corrected chi connectivity index (χ3v) is 6.67. The van der Waals surface area contributed by atoms with Crippen molar-refractivity contribution in [1.29, 1.82) is 0 Å². The summed E-state index contributed by atoms with van der Waals surface area (Å²) in [6, 6.07) is 11.2. The van der Waals surface area contributed by atoms with Gasteiger partial charge in [-0.15, -0.1) is 0 Å². The molecule has 5 nitrogen and oxygen atoms in total. The molecule has 0 amide bonds. The standard InChI is InChI=1S/C23H16Br2ClN3O2/c24-16-7-18-21(30)15(12-31-22(18)19(25)8-16)11-29-6-5-20-14(10-29)9-27-23(28-20)13-1-3-17(26)4-2-13/h1-4,7-9,12H,5-6,10-11H2. The molecule has 0 N–H and O–H groups in total. The zero-order valence-corrected chi connectivity index (χ0v) is 20.2. The second-order valence-electron chi connectivity index (χ2n) is 7.49. The van der Waals surface area contributed by atoms with Crippen LogP contribution < -0.4 is 5.43 Å². The van der Waals surface area contributed by atoms with E-state index in [1.165, 1.54) is 0 Å². The Morgan fingerprint density at radius 1 is 1.16 bits per heavy atom. The minimum absolute atomic E-state index is 0.0108. The highest BCUT2D eigenvalue weighted by molar-refractivity contribution is 9.11. The molecule has 0 bridgehead atoms. The van der Waals surface area contributed by atoms with Crippen LogP contribution in [-0.2, 0) is 19.5 Å². The molecule has 0 saturated carbocycles. The summed E-state index contributed by atoms with van der Waals surface area (Å²) < 4.78 is 7.35. The highest BCUT2D eigenvalue weighted by atomic mass is 79.9. The molecule has 0 atom stereocenters.